The molecule has 2 heterocycles. The summed E-state index contributed by atoms with van der Waals surface area (Å²) in [5.74, 6) is 1.11. The molecule has 8 heteroatoms. The molecule has 134 valence electrons. The number of aliphatic hydroxyl groups is 1. The molecule has 25 heavy (non-hydrogen) atoms. The lowest BCUT2D eigenvalue weighted by atomic mass is 9.92. The topological polar surface area (TPSA) is 112 Å². The van der Waals surface area contributed by atoms with E-state index in [1.54, 1.807) is 4.68 Å². The van der Waals surface area contributed by atoms with Gasteiger partial charge in [0.1, 0.15) is 5.69 Å². The number of primary amides is 1. The second-order valence-electron chi connectivity index (χ2n) is 7.21. The first-order chi connectivity index (χ1) is 12.0. The lowest BCUT2D eigenvalue weighted by Gasteiger charge is -2.28. The van der Waals surface area contributed by atoms with Crippen LogP contribution in [0.1, 0.15) is 62.0 Å². The smallest absolute Gasteiger partial charge is 0.225 e. The van der Waals surface area contributed by atoms with E-state index in [1.165, 1.54) is 18.5 Å². The number of carbonyl (C=O) groups is 1. The maximum Gasteiger partial charge on any atom is 0.225 e. The van der Waals surface area contributed by atoms with E-state index in [2.05, 4.69) is 21.2 Å². The van der Waals surface area contributed by atoms with Crippen LogP contribution in [0, 0.1) is 0 Å². The molecule has 2 aliphatic carbocycles. The number of nitrogens with zero attached hydrogens (tertiary/aromatic N) is 5. The Labute approximate surface area is 146 Å². The number of aliphatic hydroxyl groups excluding tert-OH is 1. The second-order valence-corrected chi connectivity index (χ2v) is 7.21. The van der Waals surface area contributed by atoms with Crippen molar-refractivity contribution in [1.82, 2.24) is 24.5 Å². The van der Waals surface area contributed by atoms with Gasteiger partial charge >= 0.3 is 0 Å². The Morgan fingerprint density at radius 2 is 2.04 bits per heavy atom. The lowest BCUT2D eigenvalue weighted by molar-refractivity contribution is -0.117. The summed E-state index contributed by atoms with van der Waals surface area (Å²) in [7, 11) is 1.94. The Hall–Kier alpha value is -2.22. The highest BCUT2D eigenvalue weighted by atomic mass is 16.3. The van der Waals surface area contributed by atoms with E-state index in [9.17, 15) is 9.90 Å². The molecule has 2 atom stereocenters. The van der Waals surface area contributed by atoms with E-state index in [1.807, 2.05) is 11.7 Å². The van der Waals surface area contributed by atoms with Gasteiger partial charge < -0.3 is 10.8 Å². The molecule has 2 aromatic heterocycles. The predicted molar refractivity (Wildman–Crippen MR) is 90.6 cm³/mol. The van der Waals surface area contributed by atoms with Crippen molar-refractivity contribution >= 4 is 5.91 Å². The van der Waals surface area contributed by atoms with E-state index in [0.717, 1.165) is 31.4 Å². The normalized spacial score (nSPS) is 23.8. The molecular formula is C17H24N6O2. The highest BCUT2D eigenvalue weighted by Crippen LogP contribution is 2.41. The van der Waals surface area contributed by atoms with Gasteiger partial charge in [0, 0.05) is 18.7 Å². The van der Waals surface area contributed by atoms with Gasteiger partial charge in [-0.3, -0.25) is 9.48 Å². The summed E-state index contributed by atoms with van der Waals surface area (Å²) in [6.07, 6.45) is 5.58. The molecule has 8 nitrogen and oxygen atoms in total. The van der Waals surface area contributed by atoms with Crippen LogP contribution in [0.15, 0.2) is 6.07 Å². The van der Waals surface area contributed by atoms with Gasteiger partial charge in [0.2, 0.25) is 5.91 Å². The maximum absolute atomic E-state index is 11.3. The Morgan fingerprint density at radius 1 is 1.28 bits per heavy atom. The zero-order chi connectivity index (χ0) is 17.6. The van der Waals surface area contributed by atoms with Crippen molar-refractivity contribution in [1.29, 1.82) is 0 Å². The average molecular weight is 344 g/mol. The minimum Gasteiger partial charge on any atom is -0.391 e. The third-order valence-electron chi connectivity index (χ3n) is 5.16. The SMILES string of the molecule is Cn1nc(-c2nc(CC(N)=O)nn2[C@@H]2CCCC[C@H]2O)cc1C1CC1. The van der Waals surface area contributed by atoms with Crippen LogP contribution in [0.5, 0.6) is 0 Å². The van der Waals surface area contributed by atoms with Crippen molar-refractivity contribution in [2.24, 2.45) is 12.8 Å². The van der Waals surface area contributed by atoms with Gasteiger partial charge in [-0.05, 0) is 31.7 Å². The number of hydrogen-bond acceptors (Lipinski definition) is 5. The molecule has 4 rings (SSSR count). The monoisotopic (exact) mass is 344 g/mol. The Kier molecular flexibility index (Phi) is 4.07. The maximum atomic E-state index is 11.3. The molecule has 2 aliphatic rings. The highest BCUT2D eigenvalue weighted by Gasteiger charge is 2.32. The van der Waals surface area contributed by atoms with Crippen molar-refractivity contribution in [3.05, 3.63) is 17.6 Å². The Bertz CT molecular complexity index is 791. The van der Waals surface area contributed by atoms with Crippen LogP contribution in [-0.4, -0.2) is 41.7 Å². The van der Waals surface area contributed by atoms with Gasteiger partial charge in [-0.25, -0.2) is 9.67 Å². The van der Waals surface area contributed by atoms with Crippen molar-refractivity contribution in [3.8, 4) is 11.5 Å². The van der Waals surface area contributed by atoms with Crippen molar-refractivity contribution in [2.75, 3.05) is 0 Å². The number of aromatic nitrogens is 5. The van der Waals surface area contributed by atoms with Gasteiger partial charge in [-0.15, -0.1) is 0 Å². The Morgan fingerprint density at radius 3 is 2.72 bits per heavy atom. The average Bonchev–Trinajstić information content (AvgIpc) is 3.21. The standard InChI is InChI=1S/C17H24N6O2/c1-22-13(10-6-7-10)8-11(20-22)17-19-16(9-15(18)25)21-23(17)12-4-2-3-5-14(12)24/h8,10,12,14,24H,2-7,9H2,1H3,(H2,18,25)/t12-,14-/m1/s1. The molecule has 1 amide bonds. The van der Waals surface area contributed by atoms with Crippen LogP contribution in [0.2, 0.25) is 0 Å². The summed E-state index contributed by atoms with van der Waals surface area (Å²) in [6, 6.07) is 1.92. The summed E-state index contributed by atoms with van der Waals surface area (Å²) >= 11 is 0. The largest absolute Gasteiger partial charge is 0.391 e. The molecule has 0 aliphatic heterocycles. The summed E-state index contributed by atoms with van der Waals surface area (Å²) in [6.45, 7) is 0. The van der Waals surface area contributed by atoms with E-state index in [-0.39, 0.29) is 12.5 Å². The number of rotatable bonds is 5. The molecule has 0 radical (unpaired) electrons. The first-order valence-electron chi connectivity index (χ1n) is 8.99. The first kappa shape index (κ1) is 16.3. The quantitative estimate of drug-likeness (QED) is 0.842. The number of hydrogen-bond donors (Lipinski definition) is 2. The minimum absolute atomic E-state index is 0.00880. The van der Waals surface area contributed by atoms with E-state index in [0.29, 0.717) is 17.6 Å². The minimum atomic E-state index is -0.465. The number of amides is 1. The second kappa shape index (κ2) is 6.25. The fourth-order valence-corrected chi connectivity index (χ4v) is 3.73. The summed E-state index contributed by atoms with van der Waals surface area (Å²) in [4.78, 5) is 15.8. The number of nitrogens with two attached hydrogens (primary N) is 1. The molecule has 0 unspecified atom stereocenters. The van der Waals surface area contributed by atoms with Crippen LogP contribution in [-0.2, 0) is 18.3 Å². The highest BCUT2D eigenvalue weighted by molar-refractivity contribution is 5.75. The molecule has 3 N–H and O–H groups in total. The molecule has 2 fully saturated rings. The zero-order valence-corrected chi connectivity index (χ0v) is 14.4. The fourth-order valence-electron chi connectivity index (χ4n) is 3.73. The number of aryl methyl sites for hydroxylation is 1. The van der Waals surface area contributed by atoms with Crippen LogP contribution in [0.4, 0.5) is 0 Å². The van der Waals surface area contributed by atoms with E-state index < -0.39 is 12.0 Å². The number of carbonyl (C=O) groups excluding carboxylic acids is 1. The van der Waals surface area contributed by atoms with Gasteiger partial charge in [0.15, 0.2) is 11.6 Å². The zero-order valence-electron chi connectivity index (χ0n) is 14.4. The van der Waals surface area contributed by atoms with Gasteiger partial charge in [0.05, 0.1) is 18.6 Å². The third-order valence-corrected chi connectivity index (χ3v) is 5.16. The van der Waals surface area contributed by atoms with Gasteiger partial charge in [-0.1, -0.05) is 12.8 Å². The fraction of sp³-hybridized carbons (Fsp3) is 0.647. The predicted octanol–water partition coefficient (Wildman–Crippen LogP) is 1.06. The lowest BCUT2D eigenvalue weighted by Crippen LogP contribution is -2.29. The molecular weight excluding hydrogens is 320 g/mol. The van der Waals surface area contributed by atoms with Gasteiger partial charge in [0.25, 0.3) is 0 Å². The molecule has 0 saturated heterocycles. The molecule has 2 saturated carbocycles. The van der Waals surface area contributed by atoms with Gasteiger partial charge in [-0.2, -0.15) is 10.2 Å². The Balaban J connectivity index is 1.75. The van der Waals surface area contributed by atoms with Crippen LogP contribution < -0.4 is 5.73 Å². The van der Waals surface area contributed by atoms with E-state index >= 15 is 0 Å². The van der Waals surface area contributed by atoms with Crippen LogP contribution in [0.3, 0.4) is 0 Å². The summed E-state index contributed by atoms with van der Waals surface area (Å²) in [5, 5.41) is 19.5. The molecule has 0 spiro atoms. The molecule has 2 aromatic rings. The van der Waals surface area contributed by atoms with Crippen LogP contribution in [0.25, 0.3) is 11.5 Å². The third kappa shape index (κ3) is 3.18. The van der Waals surface area contributed by atoms with Crippen molar-refractivity contribution in [2.45, 2.75) is 63.0 Å². The first-order valence-corrected chi connectivity index (χ1v) is 8.99. The summed E-state index contributed by atoms with van der Waals surface area (Å²) in [5.41, 5.74) is 7.25. The molecule has 0 bridgehead atoms. The van der Waals surface area contributed by atoms with Crippen molar-refractivity contribution in [3.63, 3.8) is 0 Å². The molecule has 0 aromatic carbocycles. The summed E-state index contributed by atoms with van der Waals surface area (Å²) < 4.78 is 3.66. The van der Waals surface area contributed by atoms with Crippen LogP contribution >= 0.6 is 0 Å². The van der Waals surface area contributed by atoms with E-state index in [4.69, 9.17) is 5.73 Å². The van der Waals surface area contributed by atoms with Crippen molar-refractivity contribution < 1.29 is 9.90 Å².